The Hall–Kier alpha value is -5.32. The quantitative estimate of drug-likeness (QED) is 0.0169. The molecule has 17 nitrogen and oxygen atoms in total. The number of esters is 4. The normalized spacial score (nSPS) is 14.8. The highest BCUT2D eigenvalue weighted by Crippen LogP contribution is 2.45. The van der Waals surface area contributed by atoms with Gasteiger partial charge in [-0.25, -0.2) is 9.13 Å². The molecule has 0 saturated heterocycles. The molecule has 5 atom stereocenters. The van der Waals surface area contributed by atoms with Crippen molar-refractivity contribution in [2.75, 3.05) is 39.6 Å². The second-order valence-electron chi connectivity index (χ2n) is 24.5. The van der Waals surface area contributed by atoms with Crippen molar-refractivity contribution in [2.24, 2.45) is 0 Å². The summed E-state index contributed by atoms with van der Waals surface area (Å²) in [6.45, 7) is 4.31. The van der Waals surface area contributed by atoms with Crippen LogP contribution in [-0.4, -0.2) is 96.7 Å². The van der Waals surface area contributed by atoms with Gasteiger partial charge in [0.25, 0.3) is 0 Å². The zero-order chi connectivity index (χ0) is 73.2. The van der Waals surface area contributed by atoms with E-state index in [9.17, 15) is 43.2 Å². The van der Waals surface area contributed by atoms with E-state index < -0.39 is 97.5 Å². The smallest absolute Gasteiger partial charge is 0.462 e. The van der Waals surface area contributed by atoms with Gasteiger partial charge < -0.3 is 33.8 Å². The fraction of sp³-hybridized carbons (Fsp3) is 0.630. The molecule has 0 spiro atoms. The Kier molecular flexibility index (Phi) is 68.2. The summed E-state index contributed by atoms with van der Waals surface area (Å²) >= 11 is 0. The van der Waals surface area contributed by atoms with Crippen LogP contribution in [0.25, 0.3) is 0 Å². The monoisotopic (exact) mass is 1440 g/mol. The molecule has 0 aliphatic heterocycles. The molecule has 0 fully saturated rings. The van der Waals surface area contributed by atoms with Gasteiger partial charge in [-0.2, -0.15) is 0 Å². The van der Waals surface area contributed by atoms with E-state index in [2.05, 4.69) is 161 Å². The van der Waals surface area contributed by atoms with Crippen LogP contribution in [0.3, 0.4) is 0 Å². The molecule has 19 heteroatoms. The van der Waals surface area contributed by atoms with Gasteiger partial charge in [0.1, 0.15) is 19.3 Å². The van der Waals surface area contributed by atoms with Gasteiger partial charge in [-0.1, -0.05) is 256 Å². The number of hydrogen-bond donors (Lipinski definition) is 3. The van der Waals surface area contributed by atoms with E-state index in [-0.39, 0.29) is 25.7 Å². The number of ether oxygens (including phenoxy) is 4. The van der Waals surface area contributed by atoms with Crippen molar-refractivity contribution in [1.82, 2.24) is 0 Å². The van der Waals surface area contributed by atoms with Crippen LogP contribution in [0.4, 0.5) is 0 Å². The minimum atomic E-state index is -5.01. The predicted octanol–water partition coefficient (Wildman–Crippen LogP) is 21.7. The van der Waals surface area contributed by atoms with Crippen molar-refractivity contribution in [3.8, 4) is 0 Å². The maximum atomic E-state index is 13.1. The second-order valence-corrected chi connectivity index (χ2v) is 27.4. The number of rotatable bonds is 69. The zero-order valence-corrected chi connectivity index (χ0v) is 63.6. The molecule has 0 aromatic heterocycles. The average molecular weight is 1440 g/mol. The lowest BCUT2D eigenvalue weighted by Crippen LogP contribution is -2.30. The van der Waals surface area contributed by atoms with Crippen molar-refractivity contribution in [1.29, 1.82) is 0 Å². The number of phosphoric acid groups is 2. The van der Waals surface area contributed by atoms with Gasteiger partial charge in [-0.05, 0) is 148 Å². The van der Waals surface area contributed by atoms with Crippen LogP contribution < -0.4 is 0 Å². The summed E-state index contributed by atoms with van der Waals surface area (Å²) in [4.78, 5) is 72.8. The first-order valence-electron chi connectivity index (χ1n) is 37.7. The molecule has 0 aromatic rings. The third kappa shape index (κ3) is 71.1. The van der Waals surface area contributed by atoms with Crippen molar-refractivity contribution < 1.29 is 80.2 Å². The number of aliphatic hydroxyl groups is 1. The molecular weight excluding hydrogens is 1310 g/mol. The van der Waals surface area contributed by atoms with Gasteiger partial charge >= 0.3 is 39.5 Å². The fourth-order valence-corrected chi connectivity index (χ4v) is 10.9. The molecule has 5 unspecified atom stereocenters. The molecule has 0 rings (SSSR count). The van der Waals surface area contributed by atoms with Crippen LogP contribution in [0, 0.1) is 0 Å². The number of phosphoric ester groups is 2. The Morgan fingerprint density at radius 1 is 0.300 bits per heavy atom. The van der Waals surface area contributed by atoms with E-state index in [0.29, 0.717) is 25.7 Å². The van der Waals surface area contributed by atoms with Gasteiger partial charge in [0.15, 0.2) is 12.2 Å². The van der Waals surface area contributed by atoms with Crippen molar-refractivity contribution in [2.45, 2.75) is 290 Å². The molecular formula is C81H132O17P2. The van der Waals surface area contributed by atoms with Gasteiger partial charge in [0.2, 0.25) is 0 Å². The molecule has 100 heavy (non-hydrogen) atoms. The van der Waals surface area contributed by atoms with E-state index in [1.165, 1.54) is 38.5 Å². The maximum absolute atomic E-state index is 13.1. The second kappa shape index (κ2) is 72.0. The first-order valence-corrected chi connectivity index (χ1v) is 40.7. The van der Waals surface area contributed by atoms with E-state index in [1.54, 1.807) is 6.08 Å². The van der Waals surface area contributed by atoms with E-state index in [4.69, 9.17) is 37.0 Å². The molecule has 0 saturated carbocycles. The highest BCUT2D eigenvalue weighted by molar-refractivity contribution is 7.47. The number of hydrogen-bond acceptors (Lipinski definition) is 15. The molecule has 0 bridgehead atoms. The van der Waals surface area contributed by atoms with Crippen molar-refractivity contribution >= 4 is 39.5 Å². The topological polar surface area (TPSA) is 237 Å². The van der Waals surface area contributed by atoms with Gasteiger partial charge in [-0.3, -0.25) is 37.3 Å². The number of carbonyl (C=O) groups excluding carboxylic acids is 4. The highest BCUT2D eigenvalue weighted by atomic mass is 31.2. The molecule has 0 aliphatic rings. The number of carbonyl (C=O) groups is 4. The van der Waals surface area contributed by atoms with Gasteiger partial charge in [0, 0.05) is 19.3 Å². The average Bonchev–Trinajstić information content (AvgIpc) is 1.01. The zero-order valence-electron chi connectivity index (χ0n) is 61.8. The summed E-state index contributed by atoms with van der Waals surface area (Å²) in [6.07, 6.45) is 82.7. The van der Waals surface area contributed by atoms with Crippen molar-refractivity contribution in [3.63, 3.8) is 0 Å². The standard InChI is InChI=1S/C81H132O17P2/c1-5-9-13-17-21-25-29-33-37-41-45-49-53-57-61-65-78(83)91-71-76(97-80(85)67-63-59-55-51-47-43-39-35-31-27-23-19-15-11-7-3)73-95-99(87,88)93-69-75(82)70-94-100(89,90)96-74-77(98-81(86)68-64-60-56-52-48-44-40-36-32-28-24-20-16-12-8-4)72-92-79(84)66-62-58-54-50-46-42-38-34-30-26-22-18-14-10-6-2/h9-11,13-15,21-23,25-27,33-40,45-46,49-50,57,61,75-77,82H,5-8,12,16-20,24,28-32,41-44,47-48,51-56,58-60,62-74H2,1-4H3,(H,87,88)(H,89,90)/b13-9-,14-10-,15-11-,25-21-,26-22-,27-23-,37-33-,38-34-,39-35-,40-36-,49-45-,50-46-,61-57-. The number of allylic oxidation sites excluding steroid dienone is 25. The minimum absolute atomic E-state index is 0.0497. The summed E-state index contributed by atoms with van der Waals surface area (Å²) < 4.78 is 68.3. The number of unbranched alkanes of at least 4 members (excludes halogenated alkanes) is 18. The summed E-state index contributed by atoms with van der Waals surface area (Å²) in [5.74, 6) is -2.41. The van der Waals surface area contributed by atoms with Crippen LogP contribution in [-0.2, 0) is 65.4 Å². The summed E-state index contributed by atoms with van der Waals surface area (Å²) in [7, 11) is -10.0. The molecule has 3 N–H and O–H groups in total. The predicted molar refractivity (Wildman–Crippen MR) is 408 cm³/mol. The van der Waals surface area contributed by atoms with Crippen LogP contribution >= 0.6 is 15.6 Å². The fourth-order valence-electron chi connectivity index (χ4n) is 9.35. The molecule has 568 valence electrons. The van der Waals surface area contributed by atoms with E-state index in [0.717, 1.165) is 154 Å². The van der Waals surface area contributed by atoms with E-state index in [1.807, 2.05) is 18.2 Å². The Labute approximate surface area is 604 Å². The van der Waals surface area contributed by atoms with Gasteiger partial charge in [-0.15, -0.1) is 0 Å². The highest BCUT2D eigenvalue weighted by Gasteiger charge is 2.30. The first-order chi connectivity index (χ1) is 48.7. The first kappa shape index (κ1) is 94.7. The lowest BCUT2D eigenvalue weighted by atomic mass is 10.1. The molecule has 0 aliphatic carbocycles. The SMILES string of the molecule is CC/C=C\C/C=C\C/C=C\C/C=C\C/C=C\CC(=O)OCC(COP(=O)(O)OCC(O)COP(=O)(O)OCC(COC(=O)CCCC/C=C\C/C=C\C/C=C\C/C=C\CC)OC(=O)CCCCCCC/C=C\CCCCCCCC)OC(=O)CCCCCCC/C=C\C/C=C\C/C=C\CC. The summed E-state index contributed by atoms with van der Waals surface area (Å²) in [6, 6.07) is 0. The number of aliphatic hydroxyl groups excluding tert-OH is 1. The Morgan fingerprint density at radius 2 is 0.560 bits per heavy atom. The molecule has 0 amide bonds. The Balaban J connectivity index is 5.49. The van der Waals surface area contributed by atoms with Crippen LogP contribution in [0.2, 0.25) is 0 Å². The third-order valence-corrected chi connectivity index (χ3v) is 16.9. The summed E-state index contributed by atoms with van der Waals surface area (Å²) in [5.41, 5.74) is 0. The van der Waals surface area contributed by atoms with Crippen LogP contribution in [0.1, 0.15) is 272 Å². The largest absolute Gasteiger partial charge is 0.472 e. The summed E-state index contributed by atoms with van der Waals surface area (Å²) in [5, 5.41) is 10.6. The molecule has 0 heterocycles. The van der Waals surface area contributed by atoms with Crippen molar-refractivity contribution in [3.05, 3.63) is 158 Å². The van der Waals surface area contributed by atoms with E-state index >= 15 is 0 Å². The third-order valence-electron chi connectivity index (χ3n) is 15.0. The maximum Gasteiger partial charge on any atom is 0.472 e. The minimum Gasteiger partial charge on any atom is -0.462 e. The molecule has 0 radical (unpaired) electrons. The Morgan fingerprint density at radius 3 is 0.920 bits per heavy atom. The lowest BCUT2D eigenvalue weighted by Gasteiger charge is -2.21. The Bertz CT molecular complexity index is 2520. The lowest BCUT2D eigenvalue weighted by molar-refractivity contribution is -0.161. The molecule has 0 aromatic carbocycles. The van der Waals surface area contributed by atoms with Crippen LogP contribution in [0.15, 0.2) is 158 Å². The van der Waals surface area contributed by atoms with Crippen LogP contribution in [0.5, 0.6) is 0 Å². The van der Waals surface area contributed by atoms with Gasteiger partial charge in [0.05, 0.1) is 32.8 Å².